The molecular formula is C21H26N2O4S. The summed E-state index contributed by atoms with van der Waals surface area (Å²) in [6.07, 6.45) is 0.0477. The van der Waals surface area contributed by atoms with Gasteiger partial charge in [0.15, 0.2) is 6.10 Å². The summed E-state index contributed by atoms with van der Waals surface area (Å²) in [7, 11) is -3.52. The van der Waals surface area contributed by atoms with Crippen LogP contribution >= 0.6 is 0 Å². The molecular weight excluding hydrogens is 376 g/mol. The zero-order valence-corrected chi connectivity index (χ0v) is 17.2. The number of hydrogen-bond donors (Lipinski definition) is 1. The van der Waals surface area contributed by atoms with Crippen LogP contribution in [0.5, 0.6) is 5.75 Å². The van der Waals surface area contributed by atoms with Gasteiger partial charge in [-0.1, -0.05) is 43.3 Å². The minimum Gasteiger partial charge on any atom is -0.476 e. The average Bonchev–Trinajstić information content (AvgIpc) is 2.72. The number of rotatable bonds is 6. The molecule has 2 atom stereocenters. The molecule has 0 radical (unpaired) electrons. The maximum absolute atomic E-state index is 12.8. The Hall–Kier alpha value is -2.54. The summed E-state index contributed by atoms with van der Waals surface area (Å²) in [6.45, 7) is 5.54. The third-order valence-corrected chi connectivity index (χ3v) is 6.72. The molecule has 0 bridgehead atoms. The van der Waals surface area contributed by atoms with Crippen molar-refractivity contribution in [1.29, 1.82) is 0 Å². The molecule has 1 amide bonds. The zero-order valence-electron chi connectivity index (χ0n) is 16.4. The first-order chi connectivity index (χ1) is 13.4. The van der Waals surface area contributed by atoms with E-state index in [1.807, 2.05) is 31.2 Å². The molecule has 6 nitrogen and oxygen atoms in total. The standard InChI is InChI=1S/C21H26N2O4S/c1-4-16-10-12-17(13-11-16)15(3)22-21(24)20-14-23(28(25,26)5-2)18-8-6-7-9-19(18)27-20/h6-13,15,20H,4-5,14H2,1-3H3,(H,22,24)/t15-,20-/m0/s1. The summed E-state index contributed by atoms with van der Waals surface area (Å²) in [4.78, 5) is 12.8. The van der Waals surface area contributed by atoms with Crippen molar-refractivity contribution in [1.82, 2.24) is 5.32 Å². The number of amides is 1. The first kappa shape index (κ1) is 20.2. The highest BCUT2D eigenvalue weighted by molar-refractivity contribution is 7.92. The number of anilines is 1. The number of para-hydroxylation sites is 2. The topological polar surface area (TPSA) is 75.7 Å². The Morgan fingerprint density at radius 2 is 1.86 bits per heavy atom. The van der Waals surface area contributed by atoms with Crippen molar-refractivity contribution >= 4 is 21.6 Å². The fourth-order valence-electron chi connectivity index (χ4n) is 3.19. The van der Waals surface area contributed by atoms with E-state index in [1.54, 1.807) is 31.2 Å². The van der Waals surface area contributed by atoms with Gasteiger partial charge in [0.25, 0.3) is 5.91 Å². The van der Waals surface area contributed by atoms with Crippen molar-refractivity contribution in [2.75, 3.05) is 16.6 Å². The van der Waals surface area contributed by atoms with Gasteiger partial charge in [0.05, 0.1) is 24.0 Å². The zero-order chi connectivity index (χ0) is 20.3. The van der Waals surface area contributed by atoms with E-state index in [4.69, 9.17) is 4.74 Å². The first-order valence-electron chi connectivity index (χ1n) is 9.51. The monoisotopic (exact) mass is 402 g/mol. The Kier molecular flexibility index (Phi) is 5.93. The highest BCUT2D eigenvalue weighted by Crippen LogP contribution is 2.35. The third kappa shape index (κ3) is 4.14. The molecule has 0 fully saturated rings. The van der Waals surface area contributed by atoms with E-state index in [0.717, 1.165) is 12.0 Å². The van der Waals surface area contributed by atoms with Crippen LogP contribution < -0.4 is 14.4 Å². The third-order valence-electron chi connectivity index (χ3n) is 4.97. The van der Waals surface area contributed by atoms with E-state index in [0.29, 0.717) is 11.4 Å². The molecule has 28 heavy (non-hydrogen) atoms. The highest BCUT2D eigenvalue weighted by Gasteiger charge is 2.36. The second-order valence-electron chi connectivity index (χ2n) is 6.83. The van der Waals surface area contributed by atoms with Gasteiger partial charge in [-0.05, 0) is 43.5 Å². The molecule has 3 rings (SSSR count). The maximum Gasteiger partial charge on any atom is 0.263 e. The van der Waals surface area contributed by atoms with Gasteiger partial charge in [-0.15, -0.1) is 0 Å². The predicted octanol–water partition coefficient (Wildman–Crippen LogP) is 3.04. The number of aryl methyl sites for hydroxylation is 1. The number of hydrogen-bond acceptors (Lipinski definition) is 4. The number of nitrogens with one attached hydrogen (secondary N) is 1. The van der Waals surface area contributed by atoms with Gasteiger partial charge < -0.3 is 10.1 Å². The van der Waals surface area contributed by atoms with Gasteiger partial charge in [0.2, 0.25) is 10.0 Å². The number of fused-ring (bicyclic) bond motifs is 1. The van der Waals surface area contributed by atoms with Crippen LogP contribution in [0.3, 0.4) is 0 Å². The number of nitrogens with zero attached hydrogens (tertiary/aromatic N) is 1. The Morgan fingerprint density at radius 3 is 2.50 bits per heavy atom. The van der Waals surface area contributed by atoms with Gasteiger partial charge in [-0.3, -0.25) is 9.10 Å². The molecule has 2 aromatic rings. The van der Waals surface area contributed by atoms with Crippen molar-refractivity contribution in [3.63, 3.8) is 0 Å². The van der Waals surface area contributed by atoms with Gasteiger partial charge in [-0.25, -0.2) is 8.42 Å². The number of carbonyl (C=O) groups excluding carboxylic acids is 1. The van der Waals surface area contributed by atoms with E-state index in [9.17, 15) is 13.2 Å². The molecule has 1 N–H and O–H groups in total. The second kappa shape index (κ2) is 8.22. The molecule has 0 unspecified atom stereocenters. The Bertz CT molecular complexity index is 941. The average molecular weight is 403 g/mol. The largest absolute Gasteiger partial charge is 0.476 e. The van der Waals surface area contributed by atoms with Crippen LogP contribution in [0.15, 0.2) is 48.5 Å². The van der Waals surface area contributed by atoms with Crippen molar-refractivity contribution in [3.05, 3.63) is 59.7 Å². The number of ether oxygens (including phenoxy) is 1. The quantitative estimate of drug-likeness (QED) is 0.806. The van der Waals surface area contributed by atoms with E-state index >= 15 is 0 Å². The molecule has 0 saturated carbocycles. The smallest absolute Gasteiger partial charge is 0.263 e. The molecule has 150 valence electrons. The highest BCUT2D eigenvalue weighted by atomic mass is 32.2. The molecule has 0 spiro atoms. The summed E-state index contributed by atoms with van der Waals surface area (Å²) < 4.78 is 32.1. The van der Waals surface area contributed by atoms with Crippen LogP contribution in [0.1, 0.15) is 37.9 Å². The fourth-order valence-corrected chi connectivity index (χ4v) is 4.31. The van der Waals surface area contributed by atoms with Crippen molar-refractivity contribution in [2.45, 2.75) is 39.3 Å². The van der Waals surface area contributed by atoms with Gasteiger partial charge >= 0.3 is 0 Å². The summed E-state index contributed by atoms with van der Waals surface area (Å²) in [5.41, 5.74) is 2.69. The van der Waals surface area contributed by atoms with E-state index in [2.05, 4.69) is 12.2 Å². The van der Waals surface area contributed by atoms with Crippen molar-refractivity contribution < 1.29 is 17.9 Å². The van der Waals surface area contributed by atoms with E-state index in [-0.39, 0.29) is 24.2 Å². The van der Waals surface area contributed by atoms with Gasteiger partial charge in [0, 0.05) is 0 Å². The lowest BCUT2D eigenvalue weighted by Crippen LogP contribution is -2.51. The summed E-state index contributed by atoms with van der Waals surface area (Å²) >= 11 is 0. The fraction of sp³-hybridized carbons (Fsp3) is 0.381. The SMILES string of the molecule is CCc1ccc([C@H](C)NC(=O)[C@@H]2CN(S(=O)(=O)CC)c3ccccc3O2)cc1. The maximum atomic E-state index is 12.8. The molecule has 1 aliphatic rings. The molecule has 0 aliphatic carbocycles. The van der Waals surface area contributed by atoms with Crippen LogP contribution in [0.4, 0.5) is 5.69 Å². The van der Waals surface area contributed by atoms with Crippen LogP contribution in [0.25, 0.3) is 0 Å². The lowest BCUT2D eigenvalue weighted by atomic mass is 10.0. The minimum atomic E-state index is -3.52. The van der Waals surface area contributed by atoms with Crippen LogP contribution in [-0.2, 0) is 21.2 Å². The predicted molar refractivity (Wildman–Crippen MR) is 110 cm³/mol. The van der Waals surface area contributed by atoms with Crippen molar-refractivity contribution in [3.8, 4) is 5.75 Å². The van der Waals surface area contributed by atoms with Crippen LogP contribution in [0, 0.1) is 0 Å². The summed E-state index contributed by atoms with van der Waals surface area (Å²) in [5.74, 6) is 0.0132. The molecule has 2 aromatic carbocycles. The van der Waals surface area contributed by atoms with Gasteiger partial charge in [-0.2, -0.15) is 0 Å². The van der Waals surface area contributed by atoms with Crippen LogP contribution in [0.2, 0.25) is 0 Å². The Labute approximate surface area is 166 Å². The minimum absolute atomic E-state index is 0.0412. The lowest BCUT2D eigenvalue weighted by molar-refractivity contribution is -0.128. The molecule has 1 aliphatic heterocycles. The Balaban J connectivity index is 1.78. The summed E-state index contributed by atoms with van der Waals surface area (Å²) in [6, 6.07) is 14.7. The van der Waals surface area contributed by atoms with Gasteiger partial charge in [0.1, 0.15) is 5.75 Å². The number of carbonyl (C=O) groups is 1. The molecule has 0 aromatic heterocycles. The normalized spacial score (nSPS) is 17.4. The second-order valence-corrected chi connectivity index (χ2v) is 9.01. The molecule has 7 heteroatoms. The van der Waals surface area contributed by atoms with Crippen molar-refractivity contribution in [2.24, 2.45) is 0 Å². The first-order valence-corrected chi connectivity index (χ1v) is 11.1. The van der Waals surface area contributed by atoms with E-state index in [1.165, 1.54) is 9.87 Å². The number of benzene rings is 2. The molecule has 0 saturated heterocycles. The summed E-state index contributed by atoms with van der Waals surface area (Å²) in [5, 5.41) is 2.94. The lowest BCUT2D eigenvalue weighted by Gasteiger charge is -2.35. The number of sulfonamides is 1. The van der Waals surface area contributed by atoms with Crippen LogP contribution in [-0.4, -0.2) is 32.7 Å². The van der Waals surface area contributed by atoms with E-state index < -0.39 is 16.1 Å². The molecule has 1 heterocycles. The Morgan fingerprint density at radius 1 is 1.18 bits per heavy atom.